The minimum atomic E-state index is -4.85. The largest absolute Gasteiger partial charge is 0.493 e. The molecule has 1 aliphatic carbocycles. The summed E-state index contributed by atoms with van der Waals surface area (Å²) in [5.74, 6) is -3.45. The lowest BCUT2D eigenvalue weighted by molar-refractivity contribution is -0.139. The van der Waals surface area contributed by atoms with Gasteiger partial charge in [0, 0.05) is 29.9 Å². The maximum absolute atomic E-state index is 16.4. The molecule has 2 heterocycles. The third-order valence-electron chi connectivity index (χ3n) is 9.45. The molecule has 0 unspecified atom stereocenters. The molecular formula is C37H40F7N3O5. The predicted molar refractivity (Wildman–Crippen MR) is 178 cm³/mol. The van der Waals surface area contributed by atoms with Gasteiger partial charge in [0.1, 0.15) is 17.6 Å². The van der Waals surface area contributed by atoms with Crippen molar-refractivity contribution in [3.63, 3.8) is 0 Å². The number of nitrogens with zero attached hydrogens (tertiary/aromatic N) is 2. The van der Waals surface area contributed by atoms with E-state index in [0.29, 0.717) is 31.7 Å². The van der Waals surface area contributed by atoms with E-state index in [-0.39, 0.29) is 77.5 Å². The number of pyridine rings is 1. The van der Waals surface area contributed by atoms with Gasteiger partial charge < -0.3 is 24.6 Å². The van der Waals surface area contributed by atoms with Crippen molar-refractivity contribution in [3.8, 4) is 16.9 Å². The Bertz CT molecular complexity index is 1880. The smallest absolute Gasteiger partial charge is 0.416 e. The van der Waals surface area contributed by atoms with E-state index in [4.69, 9.17) is 4.74 Å². The molecule has 1 saturated carbocycles. The Hall–Kier alpha value is -4.40. The lowest BCUT2D eigenvalue weighted by atomic mass is 9.89. The Balaban J connectivity index is 1.66. The van der Waals surface area contributed by atoms with Crippen molar-refractivity contribution >= 4 is 11.9 Å². The first-order chi connectivity index (χ1) is 24.3. The summed E-state index contributed by atoms with van der Waals surface area (Å²) < 4.78 is 107. The van der Waals surface area contributed by atoms with E-state index in [2.05, 4.69) is 5.32 Å². The van der Waals surface area contributed by atoms with Gasteiger partial charge in [-0.25, -0.2) is 4.39 Å². The molecule has 3 aromatic rings. The SMILES string of the molecule is Cc1cc(C(F)(F)F)cc2c1-c1cc(C3CC3)c(F)c(c1)[C@H](CC(=O)O)NC(=O)[C@@H](n1cc(CCN(C)C)c(C(F)(F)F)cc1=O)CCCCCO2. The summed E-state index contributed by atoms with van der Waals surface area (Å²) in [5, 5.41) is 12.5. The summed E-state index contributed by atoms with van der Waals surface area (Å²) >= 11 is 0. The fraction of sp³-hybridized carbons (Fsp3) is 0.486. The van der Waals surface area contributed by atoms with Gasteiger partial charge in [-0.3, -0.25) is 14.4 Å². The second-order valence-electron chi connectivity index (χ2n) is 13.8. The summed E-state index contributed by atoms with van der Waals surface area (Å²) in [6, 6.07) is 2.14. The average Bonchev–Trinajstić information content (AvgIpc) is 3.88. The molecule has 1 aromatic heterocycles. The number of benzene rings is 2. The number of rotatable bonds is 7. The summed E-state index contributed by atoms with van der Waals surface area (Å²) in [4.78, 5) is 41.2. The quantitative estimate of drug-likeness (QED) is 0.240. The molecule has 15 heteroatoms. The molecule has 52 heavy (non-hydrogen) atoms. The van der Waals surface area contributed by atoms with E-state index in [1.165, 1.54) is 19.1 Å². The Kier molecular flexibility index (Phi) is 11.4. The number of hydrogen-bond donors (Lipinski definition) is 2. The minimum absolute atomic E-state index is 0.0370. The lowest BCUT2D eigenvalue weighted by Crippen LogP contribution is -2.40. The normalized spacial score (nSPS) is 18.9. The molecule has 0 spiro atoms. The second-order valence-corrected chi connectivity index (χ2v) is 13.8. The number of likely N-dealkylation sites (N-methyl/N-ethyl adjacent to an activating group) is 1. The van der Waals surface area contributed by atoms with Gasteiger partial charge in [-0.15, -0.1) is 0 Å². The van der Waals surface area contributed by atoms with E-state index in [1.54, 1.807) is 19.0 Å². The Labute approximate surface area is 295 Å². The molecule has 2 atom stereocenters. The first-order valence-electron chi connectivity index (χ1n) is 17.0. The first kappa shape index (κ1) is 38.8. The fourth-order valence-corrected chi connectivity index (χ4v) is 6.68. The van der Waals surface area contributed by atoms with Crippen LogP contribution in [0.5, 0.6) is 5.75 Å². The van der Waals surface area contributed by atoms with Crippen LogP contribution in [0, 0.1) is 12.7 Å². The number of amides is 1. The number of nitrogens with one attached hydrogen (secondary N) is 1. The molecule has 5 rings (SSSR count). The van der Waals surface area contributed by atoms with Crippen molar-refractivity contribution in [3.05, 3.63) is 86.1 Å². The Morgan fingerprint density at radius 3 is 2.27 bits per heavy atom. The molecule has 2 bridgehead atoms. The van der Waals surface area contributed by atoms with Gasteiger partial charge >= 0.3 is 18.3 Å². The molecule has 2 aromatic carbocycles. The number of carboxylic acid groups (broad SMARTS) is 1. The zero-order chi connectivity index (χ0) is 38.1. The van der Waals surface area contributed by atoms with Crippen molar-refractivity contribution < 1.29 is 50.2 Å². The highest BCUT2D eigenvalue weighted by Gasteiger charge is 2.37. The summed E-state index contributed by atoms with van der Waals surface area (Å²) in [5.41, 5.74) is -2.74. The zero-order valence-corrected chi connectivity index (χ0v) is 28.9. The number of alkyl halides is 6. The molecule has 282 valence electrons. The van der Waals surface area contributed by atoms with Crippen LogP contribution in [-0.2, 0) is 28.4 Å². The van der Waals surface area contributed by atoms with Crippen LogP contribution in [0.1, 0.15) is 96.3 Å². The van der Waals surface area contributed by atoms with Gasteiger partial charge in [-0.05, 0) is 112 Å². The summed E-state index contributed by atoms with van der Waals surface area (Å²) in [6.45, 7) is 1.62. The predicted octanol–water partition coefficient (Wildman–Crippen LogP) is 7.81. The molecule has 0 radical (unpaired) electrons. The Morgan fingerprint density at radius 2 is 1.65 bits per heavy atom. The van der Waals surface area contributed by atoms with Crippen molar-refractivity contribution in [1.29, 1.82) is 0 Å². The van der Waals surface area contributed by atoms with Crippen LogP contribution < -0.4 is 15.6 Å². The van der Waals surface area contributed by atoms with Crippen molar-refractivity contribution in [1.82, 2.24) is 14.8 Å². The minimum Gasteiger partial charge on any atom is -0.493 e. The number of aryl methyl sites for hydroxylation is 1. The molecule has 1 fully saturated rings. The standard InChI is InChI=1S/C37H40F7N3O5/c1-20-13-24(36(39,40)41)16-30-33(20)23-14-25(21-8-9-21)34(38)26(15-23)28(18-32(49)50)45-35(51)29(7-5-4-6-12-52-30)47-19-22(10-11-46(2)3)27(17-31(47)48)37(42,43)44/h13-17,19,21,28-29H,4-12,18H2,1-3H3,(H,45,51)(H,49,50)/t28-,29-/m0/s1. The van der Waals surface area contributed by atoms with Crippen LogP contribution in [0.25, 0.3) is 11.1 Å². The molecule has 2 N–H and O–H groups in total. The first-order valence-corrected chi connectivity index (χ1v) is 17.0. The lowest BCUT2D eigenvalue weighted by Gasteiger charge is -2.26. The highest BCUT2D eigenvalue weighted by molar-refractivity contribution is 5.82. The van der Waals surface area contributed by atoms with Crippen molar-refractivity contribution in [2.24, 2.45) is 0 Å². The number of fused-ring (bicyclic) bond motifs is 4. The fourth-order valence-electron chi connectivity index (χ4n) is 6.68. The molecule has 1 aliphatic heterocycles. The third-order valence-corrected chi connectivity index (χ3v) is 9.45. The number of ether oxygens (including phenoxy) is 1. The van der Waals surface area contributed by atoms with Crippen LogP contribution in [0.4, 0.5) is 30.7 Å². The molecule has 8 nitrogen and oxygen atoms in total. The van der Waals surface area contributed by atoms with Crippen LogP contribution in [0.3, 0.4) is 0 Å². The third kappa shape index (κ3) is 8.96. The molecule has 0 saturated heterocycles. The number of aromatic nitrogens is 1. The summed E-state index contributed by atoms with van der Waals surface area (Å²) in [7, 11) is 3.33. The van der Waals surface area contributed by atoms with Crippen LogP contribution in [0.15, 0.2) is 41.3 Å². The number of carbonyl (C=O) groups excluding carboxylic acids is 1. The van der Waals surface area contributed by atoms with Crippen LogP contribution >= 0.6 is 0 Å². The van der Waals surface area contributed by atoms with E-state index in [1.807, 2.05) is 0 Å². The number of hydrogen-bond acceptors (Lipinski definition) is 5. The van der Waals surface area contributed by atoms with E-state index < -0.39 is 65.2 Å². The van der Waals surface area contributed by atoms with Crippen molar-refractivity contribution in [2.75, 3.05) is 27.2 Å². The summed E-state index contributed by atoms with van der Waals surface area (Å²) in [6.07, 6.45) is -7.41. The Morgan fingerprint density at radius 1 is 0.962 bits per heavy atom. The number of halogens is 7. The van der Waals surface area contributed by atoms with E-state index in [0.717, 1.165) is 22.9 Å². The van der Waals surface area contributed by atoms with Gasteiger partial charge in [0.05, 0.1) is 30.2 Å². The maximum atomic E-state index is 16.4. The number of aliphatic carboxylic acids is 1. The van der Waals surface area contributed by atoms with Crippen LogP contribution in [-0.4, -0.2) is 53.7 Å². The molecule has 1 amide bonds. The van der Waals surface area contributed by atoms with Crippen molar-refractivity contribution in [2.45, 2.75) is 88.6 Å². The van der Waals surface area contributed by atoms with E-state index >= 15 is 4.39 Å². The highest BCUT2D eigenvalue weighted by atomic mass is 19.4. The van der Waals surface area contributed by atoms with E-state index in [9.17, 15) is 45.8 Å². The number of carbonyl (C=O) groups is 2. The average molecular weight is 740 g/mol. The zero-order valence-electron chi connectivity index (χ0n) is 28.9. The molecule has 2 aliphatic rings. The van der Waals surface area contributed by atoms with Gasteiger partial charge in [-0.1, -0.05) is 6.42 Å². The monoisotopic (exact) mass is 739 g/mol. The number of carboxylic acids is 1. The van der Waals surface area contributed by atoms with Gasteiger partial charge in [0.15, 0.2) is 0 Å². The topological polar surface area (TPSA) is 101 Å². The maximum Gasteiger partial charge on any atom is 0.416 e. The van der Waals surface area contributed by atoms with Gasteiger partial charge in [0.25, 0.3) is 5.56 Å². The second kappa shape index (κ2) is 15.3. The van der Waals surface area contributed by atoms with Crippen LogP contribution in [0.2, 0.25) is 0 Å². The van der Waals surface area contributed by atoms with Gasteiger partial charge in [-0.2, -0.15) is 26.3 Å². The van der Waals surface area contributed by atoms with Gasteiger partial charge in [0.2, 0.25) is 5.91 Å². The highest BCUT2D eigenvalue weighted by Crippen LogP contribution is 2.47. The molecular weight excluding hydrogens is 699 g/mol.